The third-order valence-electron chi connectivity index (χ3n) is 9.08. The number of piperidine rings is 1. The van der Waals surface area contributed by atoms with Gasteiger partial charge in [0.25, 0.3) is 0 Å². The summed E-state index contributed by atoms with van der Waals surface area (Å²) in [6.45, 7) is 15.4. The Hall–Kier alpha value is -3.35. The van der Waals surface area contributed by atoms with Crippen LogP contribution < -0.4 is 15.1 Å². The zero-order valence-corrected chi connectivity index (χ0v) is 27.0. The zero-order valence-electron chi connectivity index (χ0n) is 25.4. The highest BCUT2D eigenvalue weighted by molar-refractivity contribution is 7.80. The maximum Gasteiger partial charge on any atom is 0.174 e. The second-order valence-electron chi connectivity index (χ2n) is 12.2. The molecule has 6 rings (SSSR count). The Kier molecular flexibility index (Phi) is 7.79. The largest absolute Gasteiger partial charge is 0.370 e. The van der Waals surface area contributed by atoms with Crippen molar-refractivity contribution in [2.24, 2.45) is 5.92 Å². The van der Waals surface area contributed by atoms with Gasteiger partial charge in [0, 0.05) is 36.4 Å². The predicted octanol–water partition coefficient (Wildman–Crippen LogP) is 8.48. The fourth-order valence-corrected chi connectivity index (χ4v) is 7.70. The Balaban J connectivity index is 1.46. The predicted molar refractivity (Wildman–Crippen MR) is 179 cm³/mol. The topological polar surface area (TPSA) is 36.3 Å². The highest BCUT2D eigenvalue weighted by atomic mass is 35.5. The van der Waals surface area contributed by atoms with Gasteiger partial charge >= 0.3 is 0 Å². The highest BCUT2D eigenvalue weighted by Gasteiger charge is 2.42. The monoisotopic (exact) mass is 597 g/mol. The first-order valence-corrected chi connectivity index (χ1v) is 15.7. The molecule has 2 aliphatic rings. The first kappa shape index (κ1) is 28.8. The number of hydrogen-bond acceptors (Lipinski definition) is 3. The summed E-state index contributed by atoms with van der Waals surface area (Å²) in [7, 11) is 0. The molecule has 0 aliphatic carbocycles. The number of pyridine rings is 1. The van der Waals surface area contributed by atoms with E-state index in [9.17, 15) is 0 Å². The van der Waals surface area contributed by atoms with E-state index in [-0.39, 0.29) is 12.1 Å². The second kappa shape index (κ2) is 11.4. The molecular formula is C35H40ClN5S. The van der Waals surface area contributed by atoms with Gasteiger partial charge in [-0.1, -0.05) is 42.3 Å². The highest BCUT2D eigenvalue weighted by Crippen LogP contribution is 2.45. The lowest BCUT2D eigenvalue weighted by atomic mass is 9.96. The Bertz CT molecular complexity index is 1610. The number of rotatable bonds is 5. The smallest absolute Gasteiger partial charge is 0.174 e. The first-order chi connectivity index (χ1) is 20.1. The molecule has 0 spiro atoms. The molecule has 0 amide bonds. The van der Waals surface area contributed by atoms with Crippen molar-refractivity contribution in [3.8, 4) is 5.69 Å². The van der Waals surface area contributed by atoms with Crippen LogP contribution in [-0.2, 0) is 0 Å². The van der Waals surface area contributed by atoms with Crippen LogP contribution in [0, 0.1) is 40.5 Å². The summed E-state index contributed by atoms with van der Waals surface area (Å²) in [5, 5.41) is 5.07. The third kappa shape index (κ3) is 5.09. The minimum atomic E-state index is -0.116. The van der Waals surface area contributed by atoms with E-state index in [0.717, 1.165) is 41.1 Å². The average molecular weight is 598 g/mol. The molecule has 2 aromatic heterocycles. The van der Waals surface area contributed by atoms with Crippen molar-refractivity contribution in [3.63, 3.8) is 0 Å². The normalized spacial score (nSPS) is 19.5. The molecule has 7 heteroatoms. The number of nitrogens with one attached hydrogen (secondary N) is 1. The molecule has 2 saturated heterocycles. The summed E-state index contributed by atoms with van der Waals surface area (Å²) in [6, 6.07) is 19.2. The van der Waals surface area contributed by atoms with Crippen LogP contribution in [0.15, 0.2) is 60.8 Å². The zero-order chi connectivity index (χ0) is 29.7. The van der Waals surface area contributed by atoms with Gasteiger partial charge in [-0.05, 0) is 119 Å². The van der Waals surface area contributed by atoms with Crippen molar-refractivity contribution >= 4 is 40.3 Å². The number of halogens is 1. The van der Waals surface area contributed by atoms with Gasteiger partial charge in [0.1, 0.15) is 0 Å². The minimum absolute atomic E-state index is 0.101. The van der Waals surface area contributed by atoms with Gasteiger partial charge in [0.2, 0.25) is 0 Å². The van der Waals surface area contributed by atoms with Crippen LogP contribution in [0.25, 0.3) is 5.69 Å². The summed E-state index contributed by atoms with van der Waals surface area (Å²) in [5.74, 6) is 0.767. The summed E-state index contributed by atoms with van der Waals surface area (Å²) >= 11 is 13.1. The van der Waals surface area contributed by atoms with Crippen LogP contribution in [0.5, 0.6) is 0 Å². The lowest BCUT2D eigenvalue weighted by Crippen LogP contribution is -2.33. The van der Waals surface area contributed by atoms with Crippen molar-refractivity contribution < 1.29 is 0 Å². The number of aromatic nitrogens is 2. The van der Waals surface area contributed by atoms with E-state index in [2.05, 4.69) is 104 Å². The van der Waals surface area contributed by atoms with Crippen LogP contribution in [0.4, 0.5) is 11.4 Å². The van der Waals surface area contributed by atoms with E-state index in [4.69, 9.17) is 28.8 Å². The molecule has 0 saturated carbocycles. The molecule has 5 nitrogen and oxygen atoms in total. The van der Waals surface area contributed by atoms with E-state index < -0.39 is 0 Å². The number of hydrogen-bond donors (Lipinski definition) is 1. The Morgan fingerprint density at radius 2 is 1.64 bits per heavy atom. The molecule has 0 unspecified atom stereocenters. The quantitative estimate of drug-likeness (QED) is 0.233. The summed E-state index contributed by atoms with van der Waals surface area (Å²) in [6.07, 6.45) is 4.25. The van der Waals surface area contributed by atoms with Crippen LogP contribution >= 0.6 is 23.8 Å². The fourth-order valence-electron chi connectivity index (χ4n) is 7.06. The van der Waals surface area contributed by atoms with E-state index in [1.54, 1.807) is 0 Å². The number of anilines is 2. The van der Waals surface area contributed by atoms with E-state index in [0.29, 0.717) is 5.11 Å². The van der Waals surface area contributed by atoms with Gasteiger partial charge in [0.15, 0.2) is 5.11 Å². The number of aryl methyl sites for hydroxylation is 4. The van der Waals surface area contributed by atoms with Crippen molar-refractivity contribution in [2.75, 3.05) is 22.9 Å². The number of thiocarbonyl (C=S) groups is 1. The molecule has 1 N–H and O–H groups in total. The molecule has 2 fully saturated rings. The van der Waals surface area contributed by atoms with Crippen molar-refractivity contribution in [1.82, 2.24) is 14.9 Å². The maximum absolute atomic E-state index is 7.01. The van der Waals surface area contributed by atoms with Gasteiger partial charge in [-0.25, -0.2) is 0 Å². The molecule has 4 aromatic rings. The first-order valence-electron chi connectivity index (χ1n) is 15.0. The van der Waals surface area contributed by atoms with Gasteiger partial charge < -0.3 is 19.7 Å². The van der Waals surface area contributed by atoms with Crippen LogP contribution in [0.1, 0.15) is 71.2 Å². The second-order valence-corrected chi connectivity index (χ2v) is 13.0. The van der Waals surface area contributed by atoms with Crippen LogP contribution in [0.2, 0.25) is 5.02 Å². The standard InChI is InChI=1S/C35H40ClN5S/c1-21-12-15-39(16-13-21)31-11-10-27(20-29(31)36)41-34(32(38-35(41)42)30-9-7-8-14-37-30)28-19-25(5)40(26(28)6)33-23(3)17-22(2)18-24(33)4/h7-11,14,17-21,32,34H,12-13,15-16H2,1-6H3,(H,38,42)/t32-,34-/m0/s1. The summed E-state index contributed by atoms with van der Waals surface area (Å²) in [4.78, 5) is 9.42. The van der Waals surface area contributed by atoms with Crippen molar-refractivity contribution in [1.29, 1.82) is 0 Å². The van der Waals surface area contributed by atoms with Gasteiger partial charge in [-0.3, -0.25) is 4.98 Å². The lowest BCUT2D eigenvalue weighted by molar-refractivity contribution is 0.438. The number of benzene rings is 2. The fraction of sp³-hybridized carbons (Fsp3) is 0.371. The average Bonchev–Trinajstić information content (AvgIpc) is 3.44. The van der Waals surface area contributed by atoms with Crippen molar-refractivity contribution in [2.45, 2.75) is 66.5 Å². The van der Waals surface area contributed by atoms with E-state index in [1.165, 1.54) is 52.2 Å². The maximum atomic E-state index is 7.01. The molecule has 0 radical (unpaired) electrons. The molecule has 4 heterocycles. The Morgan fingerprint density at radius 3 is 2.29 bits per heavy atom. The van der Waals surface area contributed by atoms with Gasteiger partial charge in [-0.2, -0.15) is 0 Å². The molecular weight excluding hydrogens is 558 g/mol. The molecule has 2 aliphatic heterocycles. The number of nitrogens with zero attached hydrogens (tertiary/aromatic N) is 4. The lowest BCUT2D eigenvalue weighted by Gasteiger charge is -2.33. The third-order valence-corrected chi connectivity index (χ3v) is 9.70. The van der Waals surface area contributed by atoms with E-state index >= 15 is 0 Å². The SMILES string of the molecule is Cc1cc(C)c(-n2c(C)cc([C@H]3[C@H](c4ccccn4)NC(=S)N3c3ccc(N4CCC(C)CC4)c(Cl)c3)c2C)c(C)c1. The molecule has 2 atom stereocenters. The van der Waals surface area contributed by atoms with Crippen LogP contribution in [-0.4, -0.2) is 27.8 Å². The van der Waals surface area contributed by atoms with Gasteiger partial charge in [0.05, 0.1) is 34.2 Å². The van der Waals surface area contributed by atoms with Gasteiger partial charge in [-0.15, -0.1) is 0 Å². The van der Waals surface area contributed by atoms with E-state index in [1.807, 2.05) is 18.3 Å². The summed E-state index contributed by atoms with van der Waals surface area (Å²) in [5.41, 5.74) is 11.8. The molecule has 218 valence electrons. The Morgan fingerprint density at radius 1 is 0.929 bits per heavy atom. The van der Waals surface area contributed by atoms with Crippen LogP contribution in [0.3, 0.4) is 0 Å². The molecule has 42 heavy (non-hydrogen) atoms. The molecule has 0 bridgehead atoms. The Labute approximate surface area is 260 Å². The summed E-state index contributed by atoms with van der Waals surface area (Å²) < 4.78 is 2.40. The minimum Gasteiger partial charge on any atom is -0.370 e. The molecule has 2 aromatic carbocycles. The van der Waals surface area contributed by atoms with Crippen molar-refractivity contribution in [3.05, 3.63) is 105 Å².